The van der Waals surface area contributed by atoms with Gasteiger partial charge in [0.2, 0.25) is 0 Å². The number of halogens is 3. The summed E-state index contributed by atoms with van der Waals surface area (Å²) in [5.74, 6) is 0.778. The molecule has 0 bridgehead atoms. The Morgan fingerprint density at radius 1 is 1.10 bits per heavy atom. The van der Waals surface area contributed by atoms with Gasteiger partial charge in [0.05, 0.1) is 15.7 Å². The zero-order chi connectivity index (χ0) is 14.1. The molecule has 0 heterocycles. The summed E-state index contributed by atoms with van der Waals surface area (Å²) in [4.78, 5) is 0. The van der Waals surface area contributed by atoms with Gasteiger partial charge in [-0.1, -0.05) is 47.5 Å². The topological polar surface area (TPSA) is 12.0 Å². The molecule has 1 aliphatic rings. The molecular formula is C16H14BrCl2N. The molecule has 0 radical (unpaired) electrons. The number of benzene rings is 2. The van der Waals surface area contributed by atoms with Crippen molar-refractivity contribution in [3.8, 4) is 0 Å². The van der Waals surface area contributed by atoms with Crippen LogP contribution in [-0.4, -0.2) is 0 Å². The second-order valence-electron chi connectivity index (χ2n) is 5.10. The maximum absolute atomic E-state index is 6.23. The van der Waals surface area contributed by atoms with Crippen molar-refractivity contribution in [2.24, 2.45) is 0 Å². The molecule has 1 nitrogen and oxygen atoms in total. The highest BCUT2D eigenvalue weighted by atomic mass is 79.9. The normalized spacial score (nSPS) is 14.3. The summed E-state index contributed by atoms with van der Waals surface area (Å²) in [6.07, 6.45) is 2.65. The number of hydrogen-bond donors (Lipinski definition) is 1. The predicted molar refractivity (Wildman–Crippen MR) is 89.9 cm³/mol. The van der Waals surface area contributed by atoms with Crippen molar-refractivity contribution >= 4 is 44.8 Å². The van der Waals surface area contributed by atoms with E-state index in [0.717, 1.165) is 22.6 Å². The molecule has 1 fully saturated rings. The van der Waals surface area contributed by atoms with Crippen molar-refractivity contribution in [3.63, 3.8) is 0 Å². The van der Waals surface area contributed by atoms with Crippen LogP contribution in [0.5, 0.6) is 0 Å². The molecule has 104 valence electrons. The highest BCUT2D eigenvalue weighted by Crippen LogP contribution is 2.40. The number of hydrogen-bond acceptors (Lipinski definition) is 1. The van der Waals surface area contributed by atoms with Crippen LogP contribution in [0.1, 0.15) is 29.9 Å². The third-order valence-electron chi connectivity index (χ3n) is 3.52. The van der Waals surface area contributed by atoms with Gasteiger partial charge in [-0.3, -0.25) is 0 Å². The molecule has 3 rings (SSSR count). The van der Waals surface area contributed by atoms with Crippen LogP contribution in [0.2, 0.25) is 10.0 Å². The summed E-state index contributed by atoms with van der Waals surface area (Å²) < 4.78 is 0.811. The molecule has 4 heteroatoms. The molecule has 0 saturated heterocycles. The summed E-state index contributed by atoms with van der Waals surface area (Å²) in [6, 6.07) is 12.6. The van der Waals surface area contributed by atoms with Gasteiger partial charge in [0, 0.05) is 11.0 Å². The minimum atomic E-state index is 0.545. The zero-order valence-electron chi connectivity index (χ0n) is 10.8. The van der Waals surface area contributed by atoms with Crippen molar-refractivity contribution in [1.82, 2.24) is 0 Å². The second kappa shape index (κ2) is 5.97. The van der Waals surface area contributed by atoms with E-state index in [-0.39, 0.29) is 0 Å². The summed E-state index contributed by atoms with van der Waals surface area (Å²) in [7, 11) is 0. The van der Waals surface area contributed by atoms with E-state index in [1.807, 2.05) is 12.1 Å². The third-order valence-corrected chi connectivity index (χ3v) is 5.29. The SMILES string of the molecule is Clc1c(Br)ccc(NCc2cccc(C3CC3)c2)c1Cl. The molecule has 0 aromatic heterocycles. The van der Waals surface area contributed by atoms with Crippen LogP contribution in [0.3, 0.4) is 0 Å². The van der Waals surface area contributed by atoms with Crippen LogP contribution in [0.15, 0.2) is 40.9 Å². The molecule has 0 unspecified atom stereocenters. The van der Waals surface area contributed by atoms with E-state index in [2.05, 4.69) is 45.5 Å². The average Bonchev–Trinajstić information content (AvgIpc) is 3.29. The van der Waals surface area contributed by atoms with Crippen LogP contribution in [0.4, 0.5) is 5.69 Å². The van der Waals surface area contributed by atoms with E-state index >= 15 is 0 Å². The van der Waals surface area contributed by atoms with Crippen LogP contribution in [0, 0.1) is 0 Å². The first-order valence-corrected chi connectivity index (χ1v) is 8.16. The molecule has 1 saturated carbocycles. The number of rotatable bonds is 4. The summed E-state index contributed by atoms with van der Waals surface area (Å²) >= 11 is 15.7. The zero-order valence-corrected chi connectivity index (χ0v) is 13.9. The molecule has 0 spiro atoms. The first-order valence-electron chi connectivity index (χ1n) is 6.61. The number of anilines is 1. The Labute approximate surface area is 137 Å². The third kappa shape index (κ3) is 3.13. The van der Waals surface area contributed by atoms with Crippen LogP contribution in [-0.2, 0) is 6.54 Å². The van der Waals surface area contributed by atoms with Crippen molar-refractivity contribution < 1.29 is 0 Å². The maximum atomic E-state index is 6.23. The predicted octanol–water partition coefficient (Wildman–Crippen LogP) is 6.25. The van der Waals surface area contributed by atoms with Gasteiger partial charge in [-0.15, -0.1) is 0 Å². The molecule has 1 N–H and O–H groups in total. The minimum Gasteiger partial charge on any atom is -0.380 e. The van der Waals surface area contributed by atoms with Crippen molar-refractivity contribution in [2.45, 2.75) is 25.3 Å². The van der Waals surface area contributed by atoms with Gasteiger partial charge in [-0.25, -0.2) is 0 Å². The van der Waals surface area contributed by atoms with E-state index in [1.54, 1.807) is 0 Å². The number of nitrogens with one attached hydrogen (secondary N) is 1. The molecule has 0 aliphatic heterocycles. The van der Waals surface area contributed by atoms with Gasteiger partial charge in [-0.2, -0.15) is 0 Å². The molecule has 2 aromatic rings. The van der Waals surface area contributed by atoms with Gasteiger partial charge >= 0.3 is 0 Å². The second-order valence-corrected chi connectivity index (χ2v) is 6.71. The smallest absolute Gasteiger partial charge is 0.0835 e. The van der Waals surface area contributed by atoms with Gasteiger partial charge in [0.15, 0.2) is 0 Å². The Morgan fingerprint density at radius 2 is 1.90 bits per heavy atom. The van der Waals surface area contributed by atoms with E-state index in [4.69, 9.17) is 23.2 Å². The van der Waals surface area contributed by atoms with E-state index in [0.29, 0.717) is 10.0 Å². The Bertz CT molecular complexity index is 638. The van der Waals surface area contributed by atoms with Crippen molar-refractivity contribution in [2.75, 3.05) is 5.32 Å². The van der Waals surface area contributed by atoms with Gasteiger partial charge in [0.25, 0.3) is 0 Å². The monoisotopic (exact) mass is 369 g/mol. The quantitative estimate of drug-likeness (QED) is 0.627. The Morgan fingerprint density at radius 3 is 2.65 bits per heavy atom. The lowest BCUT2D eigenvalue weighted by atomic mass is 10.1. The molecule has 1 aliphatic carbocycles. The van der Waals surface area contributed by atoms with Crippen LogP contribution >= 0.6 is 39.1 Å². The highest BCUT2D eigenvalue weighted by Gasteiger charge is 2.23. The maximum Gasteiger partial charge on any atom is 0.0835 e. The Balaban J connectivity index is 1.73. The fourth-order valence-electron chi connectivity index (χ4n) is 2.23. The molecular weight excluding hydrogens is 357 g/mol. The molecule has 20 heavy (non-hydrogen) atoms. The largest absolute Gasteiger partial charge is 0.380 e. The lowest BCUT2D eigenvalue weighted by molar-refractivity contribution is 1.09. The van der Waals surface area contributed by atoms with E-state index < -0.39 is 0 Å². The summed E-state index contributed by atoms with van der Waals surface area (Å²) in [6.45, 7) is 0.748. The van der Waals surface area contributed by atoms with Crippen molar-refractivity contribution in [3.05, 3.63) is 62.0 Å². The summed E-state index contributed by atoms with van der Waals surface area (Å²) in [5.41, 5.74) is 3.57. The van der Waals surface area contributed by atoms with E-state index in [9.17, 15) is 0 Å². The fourth-order valence-corrected chi connectivity index (χ4v) is 3.07. The molecule has 0 atom stereocenters. The van der Waals surface area contributed by atoms with Crippen molar-refractivity contribution in [1.29, 1.82) is 0 Å². The minimum absolute atomic E-state index is 0.545. The molecule has 2 aromatic carbocycles. The fraction of sp³-hybridized carbons (Fsp3) is 0.250. The van der Waals surface area contributed by atoms with Crippen LogP contribution in [0.25, 0.3) is 0 Å². The summed E-state index contributed by atoms with van der Waals surface area (Å²) in [5, 5.41) is 4.45. The van der Waals surface area contributed by atoms with Gasteiger partial charge in [0.1, 0.15) is 0 Å². The Hall–Kier alpha value is -0.700. The first-order chi connectivity index (χ1) is 9.65. The van der Waals surface area contributed by atoms with Crippen LogP contribution < -0.4 is 5.32 Å². The lowest BCUT2D eigenvalue weighted by Crippen LogP contribution is -2.00. The first kappa shape index (κ1) is 14.2. The molecule has 0 amide bonds. The van der Waals surface area contributed by atoms with E-state index in [1.165, 1.54) is 24.0 Å². The van der Waals surface area contributed by atoms with Gasteiger partial charge in [-0.05, 0) is 57.9 Å². The van der Waals surface area contributed by atoms with Gasteiger partial charge < -0.3 is 5.32 Å². The Kier molecular flexibility index (Phi) is 4.25. The lowest BCUT2D eigenvalue weighted by Gasteiger charge is -2.11. The highest BCUT2D eigenvalue weighted by molar-refractivity contribution is 9.10. The average molecular weight is 371 g/mol. The standard InChI is InChI=1S/C16H14BrCl2N/c17-13-6-7-14(16(19)15(13)18)20-9-10-2-1-3-12(8-10)11-4-5-11/h1-3,6-8,11,20H,4-5,9H2.